The summed E-state index contributed by atoms with van der Waals surface area (Å²) in [5.74, 6) is 0.0425. The third-order valence-corrected chi connectivity index (χ3v) is 5.43. The van der Waals surface area contributed by atoms with Gasteiger partial charge in [0.2, 0.25) is 0 Å². The Hall–Kier alpha value is -2.95. The summed E-state index contributed by atoms with van der Waals surface area (Å²) in [7, 11) is 0. The molecule has 124 valence electrons. The van der Waals surface area contributed by atoms with Crippen molar-refractivity contribution < 1.29 is 4.79 Å². The molecular weight excluding hydrogens is 312 g/mol. The van der Waals surface area contributed by atoms with E-state index in [9.17, 15) is 4.79 Å². The SMILES string of the molecule is Nc1c2c(nc3c(-c4ccncc4)cccc13)CN(C1CCC1)C2=O. The van der Waals surface area contributed by atoms with Gasteiger partial charge >= 0.3 is 0 Å². The third-order valence-electron chi connectivity index (χ3n) is 5.43. The summed E-state index contributed by atoms with van der Waals surface area (Å²) in [6, 6.07) is 10.2. The molecule has 1 aromatic carbocycles. The van der Waals surface area contributed by atoms with Crippen LogP contribution in [0.2, 0.25) is 0 Å². The van der Waals surface area contributed by atoms with Crippen LogP contribution in [0.15, 0.2) is 42.7 Å². The highest BCUT2D eigenvalue weighted by Gasteiger charge is 2.38. The quantitative estimate of drug-likeness (QED) is 0.782. The van der Waals surface area contributed by atoms with Crippen molar-refractivity contribution >= 4 is 22.5 Å². The summed E-state index contributed by atoms with van der Waals surface area (Å²) in [6.45, 7) is 0.573. The van der Waals surface area contributed by atoms with Gasteiger partial charge in [-0.3, -0.25) is 9.78 Å². The summed E-state index contributed by atoms with van der Waals surface area (Å²) in [4.78, 5) is 23.8. The van der Waals surface area contributed by atoms with Crippen LogP contribution in [0.4, 0.5) is 5.69 Å². The lowest BCUT2D eigenvalue weighted by molar-refractivity contribution is 0.0606. The van der Waals surface area contributed by atoms with Crippen LogP contribution in [-0.4, -0.2) is 26.8 Å². The summed E-state index contributed by atoms with van der Waals surface area (Å²) in [5, 5.41) is 0.844. The van der Waals surface area contributed by atoms with Gasteiger partial charge in [0.1, 0.15) is 0 Å². The molecule has 0 unspecified atom stereocenters. The number of hydrogen-bond donors (Lipinski definition) is 1. The molecule has 1 aliphatic heterocycles. The number of hydrogen-bond acceptors (Lipinski definition) is 4. The zero-order valence-corrected chi connectivity index (χ0v) is 13.8. The Balaban J connectivity index is 1.71. The summed E-state index contributed by atoms with van der Waals surface area (Å²) >= 11 is 0. The first kappa shape index (κ1) is 14.4. The number of nitrogens with two attached hydrogens (primary N) is 1. The molecule has 1 saturated carbocycles. The van der Waals surface area contributed by atoms with E-state index in [2.05, 4.69) is 4.98 Å². The maximum Gasteiger partial charge on any atom is 0.258 e. The minimum atomic E-state index is 0.0425. The second kappa shape index (κ2) is 5.28. The van der Waals surface area contributed by atoms with Crippen LogP contribution >= 0.6 is 0 Å². The summed E-state index contributed by atoms with van der Waals surface area (Å²) in [6.07, 6.45) is 6.91. The molecule has 2 aliphatic rings. The molecule has 1 fully saturated rings. The number of para-hydroxylation sites is 1. The molecule has 2 aromatic heterocycles. The van der Waals surface area contributed by atoms with E-state index >= 15 is 0 Å². The van der Waals surface area contributed by atoms with Crippen molar-refractivity contribution in [1.82, 2.24) is 14.9 Å². The Morgan fingerprint density at radius 2 is 1.92 bits per heavy atom. The van der Waals surface area contributed by atoms with Gasteiger partial charge < -0.3 is 10.6 Å². The monoisotopic (exact) mass is 330 g/mol. The second-order valence-corrected chi connectivity index (χ2v) is 6.80. The van der Waals surface area contributed by atoms with Crippen molar-refractivity contribution in [3.8, 4) is 11.1 Å². The Morgan fingerprint density at radius 1 is 1.12 bits per heavy atom. The molecule has 0 atom stereocenters. The van der Waals surface area contributed by atoms with Crippen molar-refractivity contribution in [3.05, 3.63) is 54.0 Å². The number of nitrogen functional groups attached to an aromatic ring is 1. The van der Waals surface area contributed by atoms with Gasteiger partial charge in [0.05, 0.1) is 29.0 Å². The average Bonchev–Trinajstić information content (AvgIpc) is 2.91. The minimum absolute atomic E-state index is 0.0425. The van der Waals surface area contributed by atoms with Crippen LogP contribution in [-0.2, 0) is 6.54 Å². The number of pyridine rings is 2. The van der Waals surface area contributed by atoms with Crippen LogP contribution in [0.25, 0.3) is 22.0 Å². The predicted molar refractivity (Wildman–Crippen MR) is 96.9 cm³/mol. The highest BCUT2D eigenvalue weighted by molar-refractivity contribution is 6.11. The van der Waals surface area contributed by atoms with Crippen molar-refractivity contribution in [1.29, 1.82) is 0 Å². The fourth-order valence-electron chi connectivity index (χ4n) is 3.85. The number of nitrogens with zero attached hydrogens (tertiary/aromatic N) is 3. The molecule has 3 heterocycles. The van der Waals surface area contributed by atoms with E-state index in [0.29, 0.717) is 23.8 Å². The number of benzene rings is 1. The Morgan fingerprint density at radius 3 is 2.64 bits per heavy atom. The molecule has 0 radical (unpaired) electrons. The number of amides is 1. The lowest BCUT2D eigenvalue weighted by Gasteiger charge is -2.34. The molecular formula is C20H18N4O. The molecule has 0 saturated heterocycles. The van der Waals surface area contributed by atoms with Crippen LogP contribution in [0, 0.1) is 0 Å². The molecule has 0 bridgehead atoms. The van der Waals surface area contributed by atoms with Crippen molar-refractivity contribution in [2.24, 2.45) is 0 Å². The van der Waals surface area contributed by atoms with Gasteiger partial charge in [-0.1, -0.05) is 18.2 Å². The largest absolute Gasteiger partial charge is 0.397 e. The first-order chi connectivity index (χ1) is 12.2. The van der Waals surface area contributed by atoms with Crippen LogP contribution in [0.1, 0.15) is 35.3 Å². The summed E-state index contributed by atoms with van der Waals surface area (Å²) < 4.78 is 0. The van der Waals surface area contributed by atoms with Gasteiger partial charge in [0.15, 0.2) is 0 Å². The fourth-order valence-corrected chi connectivity index (χ4v) is 3.85. The molecule has 1 aliphatic carbocycles. The molecule has 25 heavy (non-hydrogen) atoms. The van der Waals surface area contributed by atoms with Gasteiger partial charge in [-0.2, -0.15) is 0 Å². The Kier molecular flexibility index (Phi) is 3.04. The van der Waals surface area contributed by atoms with Gasteiger partial charge in [-0.25, -0.2) is 4.98 Å². The maximum atomic E-state index is 12.8. The second-order valence-electron chi connectivity index (χ2n) is 6.80. The molecule has 1 amide bonds. The Labute approximate surface area is 145 Å². The maximum absolute atomic E-state index is 12.8. The number of fused-ring (bicyclic) bond motifs is 2. The smallest absolute Gasteiger partial charge is 0.258 e. The summed E-state index contributed by atoms with van der Waals surface area (Å²) in [5.41, 5.74) is 11.3. The van der Waals surface area contributed by atoms with E-state index in [1.165, 1.54) is 6.42 Å². The third kappa shape index (κ3) is 2.05. The molecule has 3 aromatic rings. The molecule has 0 spiro atoms. The first-order valence-corrected chi connectivity index (χ1v) is 8.66. The van der Waals surface area contributed by atoms with Crippen molar-refractivity contribution in [2.75, 3.05) is 5.73 Å². The van der Waals surface area contributed by atoms with Gasteiger partial charge in [0, 0.05) is 29.4 Å². The zero-order valence-electron chi connectivity index (χ0n) is 13.8. The highest BCUT2D eigenvalue weighted by Crippen LogP contribution is 2.39. The lowest BCUT2D eigenvalue weighted by Crippen LogP contribution is -2.40. The van der Waals surface area contributed by atoms with Crippen LogP contribution in [0.3, 0.4) is 0 Å². The van der Waals surface area contributed by atoms with Crippen LogP contribution < -0.4 is 5.73 Å². The minimum Gasteiger partial charge on any atom is -0.397 e. The van der Waals surface area contributed by atoms with E-state index in [-0.39, 0.29) is 5.91 Å². The molecule has 5 nitrogen and oxygen atoms in total. The van der Waals surface area contributed by atoms with Gasteiger partial charge in [0.25, 0.3) is 5.91 Å². The van der Waals surface area contributed by atoms with E-state index in [0.717, 1.165) is 40.6 Å². The van der Waals surface area contributed by atoms with E-state index in [1.54, 1.807) is 12.4 Å². The number of anilines is 1. The van der Waals surface area contributed by atoms with Crippen molar-refractivity contribution in [2.45, 2.75) is 31.8 Å². The van der Waals surface area contributed by atoms with E-state index < -0.39 is 0 Å². The number of carbonyl (C=O) groups is 1. The predicted octanol–water partition coefficient (Wildman–Crippen LogP) is 3.39. The van der Waals surface area contributed by atoms with Crippen molar-refractivity contribution in [3.63, 3.8) is 0 Å². The zero-order chi connectivity index (χ0) is 17.0. The standard InChI is InChI=1S/C20H18N4O/c21-18-15-6-2-5-14(12-7-9-22-10-8-12)19(15)23-16-11-24(13-3-1-4-13)20(25)17(16)18/h2,5-10,13H,1,3-4,11H2,(H2,21,23). The van der Waals surface area contributed by atoms with E-state index in [4.69, 9.17) is 10.7 Å². The molecule has 2 N–H and O–H groups in total. The number of rotatable bonds is 2. The van der Waals surface area contributed by atoms with Crippen LogP contribution in [0.5, 0.6) is 0 Å². The average molecular weight is 330 g/mol. The van der Waals surface area contributed by atoms with Gasteiger partial charge in [-0.05, 0) is 37.0 Å². The fraction of sp³-hybridized carbons (Fsp3) is 0.250. The number of aromatic nitrogens is 2. The van der Waals surface area contributed by atoms with Gasteiger partial charge in [-0.15, -0.1) is 0 Å². The first-order valence-electron chi connectivity index (χ1n) is 8.66. The molecule has 5 heteroatoms. The highest BCUT2D eigenvalue weighted by atomic mass is 16.2. The lowest BCUT2D eigenvalue weighted by atomic mass is 9.92. The van der Waals surface area contributed by atoms with E-state index in [1.807, 2.05) is 35.2 Å². The topological polar surface area (TPSA) is 72.1 Å². The molecule has 5 rings (SSSR count). The normalized spacial score (nSPS) is 17.0. The number of carbonyl (C=O) groups excluding carboxylic acids is 1. The Bertz CT molecular complexity index is 995.